The molecule has 0 aromatic heterocycles. The molecule has 2 rings (SSSR count). The normalized spacial score (nSPS) is 10.3. The fraction of sp³-hybridized carbons (Fsp3) is 0.200. The van der Waals surface area contributed by atoms with Gasteiger partial charge >= 0.3 is 0 Å². The monoisotopic (exact) mass is 305 g/mol. The maximum atomic E-state index is 5.90. The van der Waals surface area contributed by atoms with Gasteiger partial charge in [0.15, 0.2) is 0 Å². The summed E-state index contributed by atoms with van der Waals surface area (Å²) >= 11 is 3.41. The van der Waals surface area contributed by atoms with Crippen LogP contribution in [0.5, 0.6) is 11.5 Å². The van der Waals surface area contributed by atoms with Gasteiger partial charge in [-0.15, -0.1) is 0 Å². The lowest BCUT2D eigenvalue weighted by molar-refractivity contribution is 0.473. The van der Waals surface area contributed by atoms with Crippen LogP contribution in [0.4, 0.5) is 0 Å². The molecular weight excluding hydrogens is 290 g/mol. The van der Waals surface area contributed by atoms with Gasteiger partial charge in [-0.25, -0.2) is 0 Å². The highest BCUT2D eigenvalue weighted by molar-refractivity contribution is 9.10. The molecule has 0 aliphatic rings. The Morgan fingerprint density at radius 1 is 1.06 bits per heavy atom. The molecule has 0 unspecified atom stereocenters. The second-order valence-corrected chi connectivity index (χ2v) is 4.86. The van der Waals surface area contributed by atoms with Crippen LogP contribution in [-0.2, 0) is 6.54 Å². The van der Waals surface area contributed by atoms with Crippen molar-refractivity contribution in [2.45, 2.75) is 13.5 Å². The molecule has 0 amide bonds. The Hall–Kier alpha value is -1.32. The molecule has 2 aromatic rings. The Bertz CT molecular complexity index is 496. The SMILES string of the molecule is CCNCc1ccccc1Oc1ccc(Br)cc1. The van der Waals surface area contributed by atoms with Crippen LogP contribution in [0.2, 0.25) is 0 Å². The molecule has 2 nitrogen and oxygen atoms in total. The van der Waals surface area contributed by atoms with Gasteiger partial charge in [0, 0.05) is 16.6 Å². The van der Waals surface area contributed by atoms with E-state index in [1.165, 1.54) is 5.56 Å². The predicted octanol–water partition coefficient (Wildman–Crippen LogP) is 4.35. The highest BCUT2D eigenvalue weighted by Crippen LogP contribution is 2.26. The summed E-state index contributed by atoms with van der Waals surface area (Å²) in [5.41, 5.74) is 1.17. The van der Waals surface area contributed by atoms with E-state index >= 15 is 0 Å². The van der Waals surface area contributed by atoms with Gasteiger partial charge in [0.1, 0.15) is 11.5 Å². The van der Waals surface area contributed by atoms with E-state index in [9.17, 15) is 0 Å². The zero-order chi connectivity index (χ0) is 12.8. The molecule has 2 aromatic carbocycles. The number of rotatable bonds is 5. The van der Waals surface area contributed by atoms with Crippen molar-refractivity contribution < 1.29 is 4.74 Å². The van der Waals surface area contributed by atoms with Crippen molar-refractivity contribution in [1.82, 2.24) is 5.32 Å². The molecule has 94 valence electrons. The third kappa shape index (κ3) is 3.59. The summed E-state index contributed by atoms with van der Waals surface area (Å²) in [7, 11) is 0. The second kappa shape index (κ2) is 6.57. The number of hydrogen-bond acceptors (Lipinski definition) is 2. The molecular formula is C15H16BrNO. The van der Waals surface area contributed by atoms with E-state index < -0.39 is 0 Å². The Morgan fingerprint density at radius 2 is 1.78 bits per heavy atom. The first kappa shape index (κ1) is 13.1. The summed E-state index contributed by atoms with van der Waals surface area (Å²) in [5.74, 6) is 1.75. The van der Waals surface area contributed by atoms with Gasteiger partial charge < -0.3 is 10.1 Å². The number of para-hydroxylation sites is 1. The van der Waals surface area contributed by atoms with Gasteiger partial charge in [-0.2, -0.15) is 0 Å². The second-order valence-electron chi connectivity index (χ2n) is 3.94. The Balaban J connectivity index is 2.15. The number of halogens is 1. The molecule has 0 atom stereocenters. The lowest BCUT2D eigenvalue weighted by Gasteiger charge is -2.11. The van der Waals surface area contributed by atoms with Crippen LogP contribution in [0.15, 0.2) is 53.0 Å². The molecule has 0 aliphatic carbocycles. The van der Waals surface area contributed by atoms with Crippen LogP contribution in [0.3, 0.4) is 0 Å². The van der Waals surface area contributed by atoms with E-state index in [1.807, 2.05) is 42.5 Å². The van der Waals surface area contributed by atoms with Crippen LogP contribution in [0, 0.1) is 0 Å². The zero-order valence-corrected chi connectivity index (χ0v) is 11.9. The molecule has 0 fully saturated rings. The molecule has 0 aliphatic heterocycles. The van der Waals surface area contributed by atoms with Crippen LogP contribution in [-0.4, -0.2) is 6.54 Å². The first-order chi connectivity index (χ1) is 8.79. The molecule has 18 heavy (non-hydrogen) atoms. The number of benzene rings is 2. The highest BCUT2D eigenvalue weighted by atomic mass is 79.9. The first-order valence-corrected chi connectivity index (χ1v) is 6.81. The summed E-state index contributed by atoms with van der Waals surface area (Å²) < 4.78 is 6.95. The van der Waals surface area contributed by atoms with E-state index in [4.69, 9.17) is 4.74 Å². The van der Waals surface area contributed by atoms with E-state index in [-0.39, 0.29) is 0 Å². The summed E-state index contributed by atoms with van der Waals surface area (Å²) in [4.78, 5) is 0. The lowest BCUT2D eigenvalue weighted by Crippen LogP contribution is -2.12. The van der Waals surface area contributed by atoms with Gasteiger partial charge in [0.2, 0.25) is 0 Å². The molecule has 0 saturated heterocycles. The van der Waals surface area contributed by atoms with Gasteiger partial charge in [-0.05, 0) is 36.9 Å². The number of nitrogens with one attached hydrogen (secondary N) is 1. The minimum Gasteiger partial charge on any atom is -0.457 e. The molecule has 0 radical (unpaired) electrons. The van der Waals surface area contributed by atoms with Crippen molar-refractivity contribution in [1.29, 1.82) is 0 Å². The van der Waals surface area contributed by atoms with Crippen molar-refractivity contribution in [3.05, 3.63) is 58.6 Å². The molecule has 0 saturated carbocycles. The zero-order valence-electron chi connectivity index (χ0n) is 10.3. The first-order valence-electron chi connectivity index (χ1n) is 6.01. The lowest BCUT2D eigenvalue weighted by atomic mass is 10.2. The Labute approximate surface area is 116 Å². The van der Waals surface area contributed by atoms with Crippen molar-refractivity contribution in [3.63, 3.8) is 0 Å². The van der Waals surface area contributed by atoms with E-state index in [1.54, 1.807) is 0 Å². The van der Waals surface area contributed by atoms with Crippen LogP contribution in [0.25, 0.3) is 0 Å². The van der Waals surface area contributed by atoms with Gasteiger partial charge in [0.05, 0.1) is 0 Å². The van der Waals surface area contributed by atoms with Crippen LogP contribution >= 0.6 is 15.9 Å². The predicted molar refractivity (Wildman–Crippen MR) is 78.0 cm³/mol. The van der Waals surface area contributed by atoms with E-state index in [0.29, 0.717) is 0 Å². The minimum absolute atomic E-state index is 0.823. The topological polar surface area (TPSA) is 21.3 Å². The molecule has 0 bridgehead atoms. The van der Waals surface area contributed by atoms with Gasteiger partial charge in [-0.1, -0.05) is 41.1 Å². The van der Waals surface area contributed by atoms with Crippen molar-refractivity contribution >= 4 is 15.9 Å². The van der Waals surface area contributed by atoms with Crippen molar-refractivity contribution in [3.8, 4) is 11.5 Å². The number of hydrogen-bond donors (Lipinski definition) is 1. The minimum atomic E-state index is 0.823. The molecule has 3 heteroatoms. The third-order valence-electron chi connectivity index (χ3n) is 2.58. The van der Waals surface area contributed by atoms with Crippen LogP contribution in [0.1, 0.15) is 12.5 Å². The smallest absolute Gasteiger partial charge is 0.131 e. The maximum Gasteiger partial charge on any atom is 0.131 e. The largest absolute Gasteiger partial charge is 0.457 e. The average Bonchev–Trinajstić information content (AvgIpc) is 2.40. The van der Waals surface area contributed by atoms with Gasteiger partial charge in [-0.3, -0.25) is 0 Å². The standard InChI is InChI=1S/C15H16BrNO/c1-2-17-11-12-5-3-4-6-15(12)18-14-9-7-13(16)8-10-14/h3-10,17H,2,11H2,1H3. The van der Waals surface area contributed by atoms with Crippen molar-refractivity contribution in [2.24, 2.45) is 0 Å². The Morgan fingerprint density at radius 3 is 2.50 bits per heavy atom. The summed E-state index contributed by atoms with van der Waals surface area (Å²) in [6.45, 7) is 3.87. The fourth-order valence-electron chi connectivity index (χ4n) is 1.64. The number of ether oxygens (including phenoxy) is 1. The summed E-state index contributed by atoms with van der Waals surface area (Å²) in [5, 5.41) is 3.31. The van der Waals surface area contributed by atoms with E-state index in [2.05, 4.69) is 34.2 Å². The molecule has 0 spiro atoms. The molecule has 0 heterocycles. The molecule has 1 N–H and O–H groups in total. The fourth-order valence-corrected chi connectivity index (χ4v) is 1.90. The average molecular weight is 306 g/mol. The van der Waals surface area contributed by atoms with Crippen LogP contribution < -0.4 is 10.1 Å². The van der Waals surface area contributed by atoms with Gasteiger partial charge in [0.25, 0.3) is 0 Å². The quantitative estimate of drug-likeness (QED) is 0.886. The Kier molecular flexibility index (Phi) is 4.79. The van der Waals surface area contributed by atoms with Crippen molar-refractivity contribution in [2.75, 3.05) is 6.54 Å². The van der Waals surface area contributed by atoms with E-state index in [0.717, 1.165) is 29.1 Å². The summed E-state index contributed by atoms with van der Waals surface area (Å²) in [6.07, 6.45) is 0. The third-order valence-corrected chi connectivity index (χ3v) is 3.11. The maximum absolute atomic E-state index is 5.90. The highest BCUT2D eigenvalue weighted by Gasteiger charge is 2.03. The summed E-state index contributed by atoms with van der Waals surface area (Å²) in [6, 6.07) is 15.9.